The lowest BCUT2D eigenvalue weighted by Crippen LogP contribution is -2.09. The lowest BCUT2D eigenvalue weighted by atomic mass is 10.0. The number of hydrogen-bond acceptors (Lipinski definition) is 2. The van der Waals surface area contributed by atoms with Gasteiger partial charge in [-0.25, -0.2) is 4.39 Å². The maximum absolute atomic E-state index is 13.9. The van der Waals surface area contributed by atoms with E-state index in [2.05, 4.69) is 15.9 Å². The Bertz CT molecular complexity index is 422. The molecule has 2 nitrogen and oxygen atoms in total. The van der Waals surface area contributed by atoms with Gasteiger partial charge in [-0.15, -0.1) is 0 Å². The first-order valence-electron chi connectivity index (χ1n) is 6.02. The summed E-state index contributed by atoms with van der Waals surface area (Å²) in [6, 6.07) is 3.21. The number of ether oxygens (including phenoxy) is 1. The highest BCUT2D eigenvalue weighted by Crippen LogP contribution is 2.32. The molecule has 100 valence electrons. The molecule has 1 aliphatic rings. The van der Waals surface area contributed by atoms with Crippen LogP contribution in [0.4, 0.5) is 4.39 Å². The van der Waals surface area contributed by atoms with Crippen molar-refractivity contribution in [2.24, 2.45) is 0 Å². The summed E-state index contributed by atoms with van der Waals surface area (Å²) in [4.78, 5) is 0. The number of hydrogen-bond donors (Lipinski definition) is 1. The van der Waals surface area contributed by atoms with Gasteiger partial charge >= 0.3 is 0 Å². The van der Waals surface area contributed by atoms with Crippen LogP contribution in [0.1, 0.15) is 37.4 Å². The second-order valence-electron chi connectivity index (χ2n) is 4.49. The lowest BCUT2D eigenvalue weighted by molar-refractivity contribution is 0.0803. The van der Waals surface area contributed by atoms with E-state index in [9.17, 15) is 9.50 Å². The smallest absolute Gasteiger partial charge is 0.148 e. The summed E-state index contributed by atoms with van der Waals surface area (Å²) in [5, 5.41) is 10.0. The van der Waals surface area contributed by atoms with Crippen molar-refractivity contribution in [1.29, 1.82) is 0 Å². The topological polar surface area (TPSA) is 29.5 Å². The molecule has 0 aliphatic carbocycles. The monoisotopic (exact) mass is 336 g/mol. The molecule has 1 aliphatic heterocycles. The van der Waals surface area contributed by atoms with Gasteiger partial charge in [-0.05, 0) is 47.7 Å². The molecule has 0 saturated carbocycles. The van der Waals surface area contributed by atoms with Gasteiger partial charge in [0.05, 0.1) is 17.2 Å². The van der Waals surface area contributed by atoms with Crippen molar-refractivity contribution >= 4 is 27.5 Å². The Hall–Kier alpha value is -0.160. The Morgan fingerprint density at radius 1 is 1.56 bits per heavy atom. The Balaban J connectivity index is 1.99. The largest absolute Gasteiger partial charge is 0.388 e. The molecule has 1 fully saturated rings. The molecule has 5 heteroatoms. The third-order valence-electron chi connectivity index (χ3n) is 3.21. The average molecular weight is 338 g/mol. The van der Waals surface area contributed by atoms with E-state index >= 15 is 0 Å². The summed E-state index contributed by atoms with van der Waals surface area (Å²) in [6.07, 6.45) is 2.69. The summed E-state index contributed by atoms with van der Waals surface area (Å²) < 4.78 is 19.8. The zero-order valence-electron chi connectivity index (χ0n) is 9.83. The molecule has 2 rings (SSSR count). The van der Waals surface area contributed by atoms with Gasteiger partial charge in [0.2, 0.25) is 0 Å². The SMILES string of the molecule is OC(CCC1CCCO1)c1ccc(Br)c(Cl)c1F. The minimum absolute atomic E-state index is 0.0173. The molecule has 1 N–H and O–H groups in total. The highest BCUT2D eigenvalue weighted by Gasteiger charge is 2.20. The van der Waals surface area contributed by atoms with E-state index in [1.807, 2.05) is 0 Å². The van der Waals surface area contributed by atoms with Crippen molar-refractivity contribution in [2.45, 2.75) is 37.9 Å². The third-order valence-corrected chi connectivity index (χ3v) is 4.47. The van der Waals surface area contributed by atoms with Crippen molar-refractivity contribution in [3.63, 3.8) is 0 Å². The van der Waals surface area contributed by atoms with Crippen LogP contribution in [0.15, 0.2) is 16.6 Å². The van der Waals surface area contributed by atoms with Gasteiger partial charge < -0.3 is 9.84 Å². The van der Waals surface area contributed by atoms with E-state index in [1.165, 1.54) is 0 Å². The second kappa shape index (κ2) is 6.33. The molecule has 0 spiro atoms. The molecule has 2 unspecified atom stereocenters. The predicted molar refractivity (Wildman–Crippen MR) is 72.3 cm³/mol. The van der Waals surface area contributed by atoms with Gasteiger partial charge in [0.15, 0.2) is 0 Å². The van der Waals surface area contributed by atoms with Crippen LogP contribution in [0, 0.1) is 5.82 Å². The Labute approximate surface area is 119 Å². The molecule has 2 atom stereocenters. The van der Waals surface area contributed by atoms with Crippen LogP contribution in [0.25, 0.3) is 0 Å². The maximum atomic E-state index is 13.9. The zero-order chi connectivity index (χ0) is 13.1. The first kappa shape index (κ1) is 14.3. The normalized spacial score (nSPS) is 21.2. The summed E-state index contributed by atoms with van der Waals surface area (Å²) >= 11 is 8.95. The van der Waals surface area contributed by atoms with E-state index in [1.54, 1.807) is 12.1 Å². The van der Waals surface area contributed by atoms with E-state index in [4.69, 9.17) is 16.3 Å². The van der Waals surface area contributed by atoms with E-state index in [0.717, 1.165) is 25.9 Å². The van der Waals surface area contributed by atoms with E-state index in [-0.39, 0.29) is 16.7 Å². The Kier molecular flexibility index (Phi) is 5.01. The van der Waals surface area contributed by atoms with Crippen LogP contribution < -0.4 is 0 Å². The Morgan fingerprint density at radius 2 is 2.33 bits per heavy atom. The quantitative estimate of drug-likeness (QED) is 0.833. The highest BCUT2D eigenvalue weighted by atomic mass is 79.9. The highest BCUT2D eigenvalue weighted by molar-refractivity contribution is 9.10. The van der Waals surface area contributed by atoms with Crippen molar-refractivity contribution in [1.82, 2.24) is 0 Å². The first-order valence-corrected chi connectivity index (χ1v) is 7.19. The fourth-order valence-electron chi connectivity index (χ4n) is 2.17. The summed E-state index contributed by atoms with van der Waals surface area (Å²) in [5.41, 5.74) is 0.251. The zero-order valence-corrected chi connectivity index (χ0v) is 12.2. The number of aliphatic hydroxyl groups excluding tert-OH is 1. The predicted octanol–water partition coefficient (Wildman–Crippen LogP) is 4.23. The average Bonchev–Trinajstić information content (AvgIpc) is 2.86. The molecule has 1 aromatic rings. The second-order valence-corrected chi connectivity index (χ2v) is 5.73. The van der Waals surface area contributed by atoms with E-state index in [0.29, 0.717) is 10.9 Å². The molecule has 0 amide bonds. The van der Waals surface area contributed by atoms with Crippen LogP contribution in [-0.2, 0) is 4.74 Å². The number of aliphatic hydroxyl groups is 1. The van der Waals surface area contributed by atoms with Gasteiger partial charge in [0, 0.05) is 16.6 Å². The molecule has 1 aromatic carbocycles. The number of benzene rings is 1. The lowest BCUT2D eigenvalue weighted by Gasteiger charge is -2.15. The Morgan fingerprint density at radius 3 is 3.00 bits per heavy atom. The van der Waals surface area contributed by atoms with Crippen molar-refractivity contribution in [2.75, 3.05) is 6.61 Å². The fraction of sp³-hybridized carbons (Fsp3) is 0.538. The molecular formula is C13H15BrClFO2. The molecule has 0 bridgehead atoms. The van der Waals surface area contributed by atoms with Crippen LogP contribution in [0.3, 0.4) is 0 Å². The molecular weight excluding hydrogens is 322 g/mol. The summed E-state index contributed by atoms with van der Waals surface area (Å²) in [7, 11) is 0. The van der Waals surface area contributed by atoms with Gasteiger partial charge in [-0.1, -0.05) is 17.7 Å². The van der Waals surface area contributed by atoms with Crippen molar-refractivity contribution in [3.05, 3.63) is 33.0 Å². The number of halogens is 3. The minimum atomic E-state index is -0.834. The van der Waals surface area contributed by atoms with Gasteiger partial charge in [0.25, 0.3) is 0 Å². The van der Waals surface area contributed by atoms with Crippen LogP contribution in [0.5, 0.6) is 0 Å². The van der Waals surface area contributed by atoms with Gasteiger partial charge in [-0.2, -0.15) is 0 Å². The van der Waals surface area contributed by atoms with Crippen molar-refractivity contribution in [3.8, 4) is 0 Å². The molecule has 1 heterocycles. The van der Waals surface area contributed by atoms with Gasteiger partial charge in [-0.3, -0.25) is 0 Å². The van der Waals surface area contributed by atoms with Gasteiger partial charge in [0.1, 0.15) is 5.82 Å². The third kappa shape index (κ3) is 3.23. The van der Waals surface area contributed by atoms with Crippen LogP contribution >= 0.6 is 27.5 Å². The van der Waals surface area contributed by atoms with Crippen LogP contribution in [0.2, 0.25) is 5.02 Å². The summed E-state index contributed by atoms with van der Waals surface area (Å²) in [6.45, 7) is 0.791. The summed E-state index contributed by atoms with van der Waals surface area (Å²) in [5.74, 6) is -0.550. The fourth-order valence-corrected chi connectivity index (χ4v) is 2.65. The minimum Gasteiger partial charge on any atom is -0.388 e. The van der Waals surface area contributed by atoms with E-state index < -0.39 is 11.9 Å². The standard InChI is InChI=1S/C13H15BrClFO2/c14-10-5-4-9(13(16)12(10)15)11(17)6-3-8-2-1-7-18-8/h4-5,8,11,17H,1-3,6-7H2. The molecule has 0 aromatic heterocycles. The molecule has 1 saturated heterocycles. The molecule has 18 heavy (non-hydrogen) atoms. The molecule has 0 radical (unpaired) electrons. The van der Waals surface area contributed by atoms with Crippen molar-refractivity contribution < 1.29 is 14.2 Å². The first-order chi connectivity index (χ1) is 8.59. The number of rotatable bonds is 4. The van der Waals surface area contributed by atoms with Crippen LogP contribution in [-0.4, -0.2) is 17.8 Å². The maximum Gasteiger partial charge on any atom is 0.148 e.